The zero-order valence-corrected chi connectivity index (χ0v) is 21.1. The third-order valence-corrected chi connectivity index (χ3v) is 6.64. The fourth-order valence-corrected chi connectivity index (χ4v) is 4.90. The fourth-order valence-electron chi connectivity index (χ4n) is 4.16. The summed E-state index contributed by atoms with van der Waals surface area (Å²) < 4.78 is 45.8. The maximum Gasteiger partial charge on any atom is 0.262 e. The first-order valence-electron chi connectivity index (χ1n) is 11.8. The molecule has 4 rings (SSSR count). The number of hydrogen-bond donors (Lipinski definition) is 2. The second-order valence-electron chi connectivity index (χ2n) is 8.80. The molecule has 2 atom stereocenters. The lowest BCUT2D eigenvalue weighted by Crippen LogP contribution is -2.51. The summed E-state index contributed by atoms with van der Waals surface area (Å²) in [6, 6.07) is 20.9. The number of nitrogens with one attached hydrogen (secondary N) is 2. The van der Waals surface area contributed by atoms with Gasteiger partial charge in [-0.2, -0.15) is 0 Å². The van der Waals surface area contributed by atoms with Gasteiger partial charge in [0, 0.05) is 13.0 Å². The molecule has 0 fully saturated rings. The Bertz CT molecular complexity index is 1350. The van der Waals surface area contributed by atoms with Crippen molar-refractivity contribution >= 4 is 27.5 Å². The SMILES string of the molecule is CS(=O)(=O)N[C@@H](CC(=O)N1C[C@@H](C(=O)NCCc2ccccc2)Oc2ccccc21)c1ccc(F)cc1. The Morgan fingerprint density at radius 1 is 1.03 bits per heavy atom. The van der Waals surface area contributed by atoms with Gasteiger partial charge in [-0.3, -0.25) is 9.59 Å². The van der Waals surface area contributed by atoms with Crippen LogP contribution in [-0.4, -0.2) is 45.7 Å². The first kappa shape index (κ1) is 26.3. The summed E-state index contributed by atoms with van der Waals surface area (Å²) in [4.78, 5) is 27.9. The van der Waals surface area contributed by atoms with E-state index in [0.29, 0.717) is 30.0 Å². The van der Waals surface area contributed by atoms with E-state index in [-0.39, 0.29) is 18.9 Å². The molecule has 1 aliphatic rings. The average molecular weight is 526 g/mol. The zero-order chi connectivity index (χ0) is 26.4. The lowest BCUT2D eigenvalue weighted by atomic mass is 10.0. The minimum absolute atomic E-state index is 0.0397. The third kappa shape index (κ3) is 7.14. The van der Waals surface area contributed by atoms with E-state index in [1.165, 1.54) is 29.2 Å². The molecule has 0 saturated carbocycles. The van der Waals surface area contributed by atoms with E-state index in [9.17, 15) is 22.4 Å². The number of anilines is 1. The lowest BCUT2D eigenvalue weighted by molar-refractivity contribution is -0.128. The first-order chi connectivity index (χ1) is 17.7. The van der Waals surface area contributed by atoms with Gasteiger partial charge in [0.25, 0.3) is 5.91 Å². The number of sulfonamides is 1. The first-order valence-corrected chi connectivity index (χ1v) is 13.7. The molecule has 3 aromatic carbocycles. The van der Waals surface area contributed by atoms with Crippen molar-refractivity contribution in [1.82, 2.24) is 10.0 Å². The number of fused-ring (bicyclic) bond motifs is 1. The molecule has 0 aliphatic carbocycles. The largest absolute Gasteiger partial charge is 0.477 e. The van der Waals surface area contributed by atoms with E-state index in [0.717, 1.165) is 11.8 Å². The number of para-hydroxylation sites is 2. The van der Waals surface area contributed by atoms with Crippen LogP contribution >= 0.6 is 0 Å². The minimum Gasteiger partial charge on any atom is -0.477 e. The number of hydrogen-bond acceptors (Lipinski definition) is 5. The number of benzene rings is 3. The van der Waals surface area contributed by atoms with Crippen LogP contribution in [0.15, 0.2) is 78.9 Å². The second-order valence-corrected chi connectivity index (χ2v) is 10.6. The van der Waals surface area contributed by atoms with Crippen LogP contribution in [0.5, 0.6) is 5.75 Å². The van der Waals surface area contributed by atoms with Crippen molar-refractivity contribution in [2.75, 3.05) is 24.2 Å². The number of carbonyl (C=O) groups excluding carboxylic acids is 2. The van der Waals surface area contributed by atoms with Crippen molar-refractivity contribution in [1.29, 1.82) is 0 Å². The summed E-state index contributed by atoms with van der Waals surface area (Å²) in [7, 11) is -3.68. The van der Waals surface area contributed by atoms with Gasteiger partial charge in [-0.15, -0.1) is 0 Å². The van der Waals surface area contributed by atoms with Crippen LogP contribution < -0.4 is 19.7 Å². The van der Waals surface area contributed by atoms with Gasteiger partial charge >= 0.3 is 0 Å². The van der Waals surface area contributed by atoms with E-state index in [2.05, 4.69) is 10.0 Å². The Kier molecular flexibility index (Phi) is 8.20. The van der Waals surface area contributed by atoms with Crippen LogP contribution in [0.2, 0.25) is 0 Å². The highest BCUT2D eigenvalue weighted by molar-refractivity contribution is 7.88. The van der Waals surface area contributed by atoms with Gasteiger partial charge in [0.15, 0.2) is 6.10 Å². The minimum atomic E-state index is -3.68. The van der Waals surface area contributed by atoms with E-state index in [4.69, 9.17) is 4.74 Å². The molecule has 3 aromatic rings. The van der Waals surface area contributed by atoms with Crippen molar-refractivity contribution < 1.29 is 27.1 Å². The van der Waals surface area contributed by atoms with E-state index in [1.54, 1.807) is 24.3 Å². The summed E-state index contributed by atoms with van der Waals surface area (Å²) in [6.07, 6.45) is 0.458. The molecule has 10 heteroatoms. The Hall–Kier alpha value is -3.76. The summed E-state index contributed by atoms with van der Waals surface area (Å²) in [6.45, 7) is 0.366. The normalized spacial score (nSPS) is 15.8. The van der Waals surface area contributed by atoms with Crippen molar-refractivity contribution in [3.05, 3.63) is 95.8 Å². The Morgan fingerprint density at radius 3 is 2.41 bits per heavy atom. The molecule has 0 radical (unpaired) electrons. The number of rotatable bonds is 9. The third-order valence-electron chi connectivity index (χ3n) is 5.93. The van der Waals surface area contributed by atoms with E-state index >= 15 is 0 Å². The Labute approximate surface area is 215 Å². The van der Waals surface area contributed by atoms with Gasteiger partial charge in [0.1, 0.15) is 11.6 Å². The number of ether oxygens (including phenoxy) is 1. The van der Waals surface area contributed by atoms with Gasteiger partial charge in [-0.1, -0.05) is 54.6 Å². The smallest absolute Gasteiger partial charge is 0.262 e. The molecule has 8 nitrogen and oxygen atoms in total. The molecule has 0 bridgehead atoms. The topological polar surface area (TPSA) is 105 Å². The quantitative estimate of drug-likeness (QED) is 0.447. The van der Waals surface area contributed by atoms with Gasteiger partial charge in [-0.05, 0) is 41.8 Å². The van der Waals surface area contributed by atoms with Crippen LogP contribution in [0.3, 0.4) is 0 Å². The highest BCUT2D eigenvalue weighted by atomic mass is 32.2. The van der Waals surface area contributed by atoms with Crippen LogP contribution in [0.1, 0.15) is 23.6 Å². The zero-order valence-electron chi connectivity index (χ0n) is 20.3. The van der Waals surface area contributed by atoms with Crippen LogP contribution in [0, 0.1) is 5.82 Å². The molecule has 2 amide bonds. The summed E-state index contributed by atoms with van der Waals surface area (Å²) in [5, 5.41) is 2.87. The molecule has 37 heavy (non-hydrogen) atoms. The molecular formula is C27H28FN3O5S. The molecule has 0 aromatic heterocycles. The molecule has 0 saturated heterocycles. The van der Waals surface area contributed by atoms with Gasteiger partial charge in [-0.25, -0.2) is 17.5 Å². The van der Waals surface area contributed by atoms with Gasteiger partial charge in [0.2, 0.25) is 15.9 Å². The van der Waals surface area contributed by atoms with Crippen molar-refractivity contribution in [2.24, 2.45) is 0 Å². The average Bonchev–Trinajstić information content (AvgIpc) is 2.88. The van der Waals surface area contributed by atoms with E-state index in [1.807, 2.05) is 30.3 Å². The molecule has 0 unspecified atom stereocenters. The highest BCUT2D eigenvalue weighted by Gasteiger charge is 2.35. The van der Waals surface area contributed by atoms with Gasteiger partial charge in [0.05, 0.1) is 24.5 Å². The van der Waals surface area contributed by atoms with Gasteiger partial charge < -0.3 is 15.0 Å². The molecule has 0 spiro atoms. The maximum atomic E-state index is 13.5. The van der Waals surface area contributed by atoms with E-state index < -0.39 is 33.9 Å². The molecule has 1 heterocycles. The predicted octanol–water partition coefficient (Wildman–Crippen LogP) is 2.96. The van der Waals surface area contributed by atoms with Crippen molar-refractivity contribution in [3.63, 3.8) is 0 Å². The molecular weight excluding hydrogens is 497 g/mol. The number of nitrogens with zero attached hydrogens (tertiary/aromatic N) is 1. The Balaban J connectivity index is 1.50. The molecule has 1 aliphatic heterocycles. The summed E-state index contributed by atoms with van der Waals surface area (Å²) in [5.74, 6) is -0.869. The number of carbonyl (C=O) groups is 2. The molecule has 2 N–H and O–H groups in total. The van der Waals surface area contributed by atoms with Crippen LogP contribution in [0.25, 0.3) is 0 Å². The van der Waals surface area contributed by atoms with Crippen LogP contribution in [0.4, 0.5) is 10.1 Å². The van der Waals surface area contributed by atoms with Crippen molar-refractivity contribution in [2.45, 2.75) is 25.0 Å². The summed E-state index contributed by atoms with van der Waals surface area (Å²) >= 11 is 0. The Morgan fingerprint density at radius 2 is 1.70 bits per heavy atom. The monoisotopic (exact) mass is 525 g/mol. The fraction of sp³-hybridized carbons (Fsp3) is 0.259. The van der Waals surface area contributed by atoms with Crippen molar-refractivity contribution in [3.8, 4) is 5.75 Å². The number of halogens is 1. The standard InChI is InChI=1S/C27H28FN3O5S/c1-37(34,35)30-22(20-11-13-21(28)14-12-20)17-26(32)31-18-25(36-24-10-6-5-9-23(24)31)27(33)29-16-15-19-7-3-2-4-8-19/h2-14,22,25,30H,15-18H2,1H3,(H,29,33)/t22-,25-/m0/s1. The predicted molar refractivity (Wildman–Crippen MR) is 138 cm³/mol. The maximum absolute atomic E-state index is 13.5. The second kappa shape index (κ2) is 11.5. The number of amides is 2. The molecule has 194 valence electrons. The lowest BCUT2D eigenvalue weighted by Gasteiger charge is -2.35. The summed E-state index contributed by atoms with van der Waals surface area (Å²) in [5.41, 5.74) is 2.01. The highest BCUT2D eigenvalue weighted by Crippen LogP contribution is 2.34. The van der Waals surface area contributed by atoms with Crippen LogP contribution in [-0.2, 0) is 26.0 Å².